The Balaban J connectivity index is 2.05. The number of alkyl carbamates (subject to hydrolysis) is 1. The molecule has 0 spiro atoms. The molecule has 2 N–H and O–H groups in total. The highest BCUT2D eigenvalue weighted by Gasteiger charge is 2.21. The Hall–Kier alpha value is -0.810. The zero-order valence-corrected chi connectivity index (χ0v) is 11.9. The maximum Gasteiger partial charge on any atom is 0.407 e. The van der Waals surface area contributed by atoms with Crippen LogP contribution in [0.15, 0.2) is 0 Å². The van der Waals surface area contributed by atoms with E-state index in [4.69, 9.17) is 9.47 Å². The molecule has 106 valence electrons. The van der Waals surface area contributed by atoms with E-state index in [1.807, 2.05) is 20.8 Å². The first-order valence-electron chi connectivity index (χ1n) is 6.70. The quantitative estimate of drug-likeness (QED) is 0.736. The second-order valence-electron chi connectivity index (χ2n) is 5.72. The van der Waals surface area contributed by atoms with Crippen molar-refractivity contribution in [1.29, 1.82) is 0 Å². The van der Waals surface area contributed by atoms with Crippen molar-refractivity contribution in [1.82, 2.24) is 10.6 Å². The van der Waals surface area contributed by atoms with Crippen LogP contribution >= 0.6 is 0 Å². The monoisotopic (exact) mass is 258 g/mol. The fourth-order valence-electron chi connectivity index (χ4n) is 1.91. The van der Waals surface area contributed by atoms with Crippen LogP contribution < -0.4 is 10.6 Å². The minimum atomic E-state index is -0.442. The Kier molecular flexibility index (Phi) is 5.88. The number of rotatable bonds is 5. The van der Waals surface area contributed by atoms with Gasteiger partial charge >= 0.3 is 6.09 Å². The molecule has 0 aromatic carbocycles. The highest BCUT2D eigenvalue weighted by atomic mass is 16.6. The van der Waals surface area contributed by atoms with E-state index in [2.05, 4.69) is 17.6 Å². The average Bonchev–Trinajstić information content (AvgIpc) is 2.74. The average molecular weight is 258 g/mol. The third-order valence-corrected chi connectivity index (χ3v) is 2.78. The molecule has 0 aliphatic carbocycles. The summed E-state index contributed by atoms with van der Waals surface area (Å²) in [4.78, 5) is 11.4. The molecular formula is C13H26N2O3. The van der Waals surface area contributed by atoms with Gasteiger partial charge in [0.25, 0.3) is 0 Å². The summed E-state index contributed by atoms with van der Waals surface area (Å²) in [6.07, 6.45) is 2.21. The van der Waals surface area contributed by atoms with Crippen LogP contribution in [-0.4, -0.2) is 43.5 Å². The van der Waals surface area contributed by atoms with Gasteiger partial charge in [-0.2, -0.15) is 0 Å². The van der Waals surface area contributed by atoms with E-state index >= 15 is 0 Å². The largest absolute Gasteiger partial charge is 0.444 e. The molecular weight excluding hydrogens is 232 g/mol. The zero-order chi connectivity index (χ0) is 13.6. The topological polar surface area (TPSA) is 59.6 Å². The number of carbonyl (C=O) groups excluding carboxylic acids is 1. The van der Waals surface area contributed by atoms with Gasteiger partial charge in [-0.25, -0.2) is 4.79 Å². The van der Waals surface area contributed by atoms with E-state index in [0.717, 1.165) is 26.0 Å². The Labute approximate surface area is 110 Å². The molecule has 0 aromatic rings. The molecule has 0 aromatic heterocycles. The molecule has 5 heteroatoms. The van der Waals surface area contributed by atoms with Crippen molar-refractivity contribution in [2.24, 2.45) is 0 Å². The van der Waals surface area contributed by atoms with Crippen LogP contribution in [0.4, 0.5) is 4.79 Å². The van der Waals surface area contributed by atoms with Gasteiger partial charge in [0.2, 0.25) is 0 Å². The van der Waals surface area contributed by atoms with Gasteiger partial charge < -0.3 is 20.1 Å². The van der Waals surface area contributed by atoms with E-state index < -0.39 is 5.60 Å². The van der Waals surface area contributed by atoms with Gasteiger partial charge in [-0.15, -0.1) is 0 Å². The van der Waals surface area contributed by atoms with Gasteiger partial charge in [-0.1, -0.05) is 0 Å². The van der Waals surface area contributed by atoms with Gasteiger partial charge in [-0.3, -0.25) is 0 Å². The van der Waals surface area contributed by atoms with Gasteiger partial charge in [-0.05, 0) is 40.5 Å². The predicted octanol–water partition coefficient (Wildman–Crippen LogP) is 1.67. The molecule has 1 rings (SSSR count). The molecule has 2 atom stereocenters. The van der Waals surface area contributed by atoms with Crippen LogP contribution in [-0.2, 0) is 9.47 Å². The molecule has 1 amide bonds. The van der Waals surface area contributed by atoms with Crippen LogP contribution in [0.3, 0.4) is 0 Å². The summed E-state index contributed by atoms with van der Waals surface area (Å²) in [6.45, 7) is 9.82. The van der Waals surface area contributed by atoms with Crippen molar-refractivity contribution >= 4 is 6.09 Å². The lowest BCUT2D eigenvalue weighted by Gasteiger charge is -2.21. The number of ether oxygens (including phenoxy) is 2. The van der Waals surface area contributed by atoms with Crippen LogP contribution in [0.25, 0.3) is 0 Å². The molecule has 2 unspecified atom stereocenters. The standard InChI is InChI=1S/C13H26N2O3/c1-10(11-6-5-9-17-11)14-7-8-15-12(16)18-13(2,3)4/h10-11,14H,5-9H2,1-4H3,(H,15,16). The van der Waals surface area contributed by atoms with E-state index in [1.165, 1.54) is 0 Å². The maximum atomic E-state index is 11.4. The molecule has 0 saturated carbocycles. The van der Waals surface area contributed by atoms with Crippen molar-refractivity contribution in [2.75, 3.05) is 19.7 Å². The fraction of sp³-hybridized carbons (Fsp3) is 0.923. The van der Waals surface area contributed by atoms with Gasteiger partial charge in [0.05, 0.1) is 6.10 Å². The molecule has 0 bridgehead atoms. The summed E-state index contributed by atoms with van der Waals surface area (Å²) in [6, 6.07) is 0.327. The number of nitrogens with one attached hydrogen (secondary N) is 2. The highest BCUT2D eigenvalue weighted by Crippen LogP contribution is 2.14. The minimum Gasteiger partial charge on any atom is -0.444 e. The fourth-order valence-corrected chi connectivity index (χ4v) is 1.91. The van der Waals surface area contributed by atoms with Crippen molar-refractivity contribution in [3.63, 3.8) is 0 Å². The van der Waals surface area contributed by atoms with Crippen LogP contribution in [0.2, 0.25) is 0 Å². The first kappa shape index (κ1) is 15.2. The lowest BCUT2D eigenvalue weighted by molar-refractivity contribution is 0.0525. The number of hydrogen-bond donors (Lipinski definition) is 2. The molecule has 1 aliphatic rings. The predicted molar refractivity (Wildman–Crippen MR) is 70.7 cm³/mol. The third-order valence-electron chi connectivity index (χ3n) is 2.78. The zero-order valence-electron chi connectivity index (χ0n) is 11.9. The van der Waals surface area contributed by atoms with Gasteiger partial charge in [0.1, 0.15) is 5.60 Å². The Bertz CT molecular complexity index is 257. The first-order valence-corrected chi connectivity index (χ1v) is 6.70. The summed E-state index contributed by atoms with van der Waals surface area (Å²) in [5.74, 6) is 0. The summed E-state index contributed by atoms with van der Waals surface area (Å²) in [5.41, 5.74) is -0.442. The first-order chi connectivity index (χ1) is 8.38. The molecule has 1 fully saturated rings. The molecule has 5 nitrogen and oxygen atoms in total. The molecule has 18 heavy (non-hydrogen) atoms. The third kappa shape index (κ3) is 6.21. The second-order valence-corrected chi connectivity index (χ2v) is 5.72. The number of amides is 1. The SMILES string of the molecule is CC(NCCNC(=O)OC(C)(C)C)C1CCCO1. The molecule has 0 radical (unpaired) electrons. The van der Waals surface area contributed by atoms with E-state index in [9.17, 15) is 4.79 Å². The van der Waals surface area contributed by atoms with Gasteiger partial charge in [0, 0.05) is 25.7 Å². The molecule has 1 aliphatic heterocycles. The summed E-state index contributed by atoms with van der Waals surface area (Å²) in [5, 5.41) is 6.07. The van der Waals surface area contributed by atoms with Crippen molar-refractivity contribution in [3.05, 3.63) is 0 Å². The lowest BCUT2D eigenvalue weighted by Crippen LogP contribution is -2.42. The maximum absolute atomic E-state index is 11.4. The summed E-state index contributed by atoms with van der Waals surface area (Å²) in [7, 11) is 0. The van der Waals surface area contributed by atoms with Crippen molar-refractivity contribution in [3.8, 4) is 0 Å². The van der Waals surface area contributed by atoms with E-state index in [1.54, 1.807) is 0 Å². The normalized spacial score (nSPS) is 21.7. The van der Waals surface area contributed by atoms with E-state index in [0.29, 0.717) is 18.7 Å². The van der Waals surface area contributed by atoms with E-state index in [-0.39, 0.29) is 6.09 Å². The second kappa shape index (κ2) is 6.95. The summed E-state index contributed by atoms with van der Waals surface area (Å²) < 4.78 is 10.7. The lowest BCUT2D eigenvalue weighted by atomic mass is 10.1. The Morgan fingerprint density at radius 3 is 2.72 bits per heavy atom. The minimum absolute atomic E-state index is 0.312. The van der Waals surface area contributed by atoms with Crippen LogP contribution in [0.1, 0.15) is 40.5 Å². The highest BCUT2D eigenvalue weighted by molar-refractivity contribution is 5.67. The molecule has 1 saturated heterocycles. The number of hydrogen-bond acceptors (Lipinski definition) is 4. The van der Waals surface area contributed by atoms with Crippen molar-refractivity contribution in [2.45, 2.75) is 58.3 Å². The van der Waals surface area contributed by atoms with Crippen LogP contribution in [0.5, 0.6) is 0 Å². The Morgan fingerprint density at radius 2 is 2.17 bits per heavy atom. The van der Waals surface area contributed by atoms with Crippen LogP contribution in [0, 0.1) is 0 Å². The molecule has 1 heterocycles. The van der Waals surface area contributed by atoms with Crippen molar-refractivity contribution < 1.29 is 14.3 Å². The summed E-state index contributed by atoms with van der Waals surface area (Å²) >= 11 is 0. The smallest absolute Gasteiger partial charge is 0.407 e. The Morgan fingerprint density at radius 1 is 1.44 bits per heavy atom. The van der Waals surface area contributed by atoms with Gasteiger partial charge in [0.15, 0.2) is 0 Å². The number of carbonyl (C=O) groups is 1.